The maximum absolute atomic E-state index is 8.39. The lowest BCUT2D eigenvalue weighted by Crippen LogP contribution is -1.96. The Labute approximate surface area is 83.6 Å². The highest BCUT2D eigenvalue weighted by atomic mass is 16.7. The fourth-order valence-electron chi connectivity index (χ4n) is 0.932. The van der Waals surface area contributed by atoms with E-state index >= 15 is 0 Å². The fourth-order valence-corrected chi connectivity index (χ4v) is 0.932. The van der Waals surface area contributed by atoms with E-state index in [9.17, 15) is 0 Å². The minimum Gasteiger partial charge on any atom is -0.475 e. The van der Waals surface area contributed by atoms with Gasteiger partial charge < -0.3 is 14.6 Å². The Hall–Kier alpha value is -1.32. The van der Waals surface area contributed by atoms with Crippen molar-refractivity contribution in [1.29, 1.82) is 0 Å². The van der Waals surface area contributed by atoms with E-state index in [-0.39, 0.29) is 13.4 Å². The van der Waals surface area contributed by atoms with Gasteiger partial charge in [-0.2, -0.15) is 0 Å². The molecule has 0 aliphatic carbocycles. The Balaban J connectivity index is 2.07. The fraction of sp³-hybridized carbons (Fsp3) is 0.273. The topological polar surface area (TPSA) is 38.7 Å². The minimum atomic E-state index is -0.0152. The molecule has 1 aromatic rings. The summed E-state index contributed by atoms with van der Waals surface area (Å²) in [7, 11) is 0. The number of rotatable bonds is 6. The maximum atomic E-state index is 8.39. The predicted octanol–water partition coefficient (Wildman–Crippen LogP) is 1.68. The Bertz CT molecular complexity index is 256. The van der Waals surface area contributed by atoms with E-state index in [1.54, 1.807) is 0 Å². The molecule has 0 amide bonds. The molecule has 3 nitrogen and oxygen atoms in total. The molecule has 0 saturated heterocycles. The first-order valence-corrected chi connectivity index (χ1v) is 4.42. The van der Waals surface area contributed by atoms with Crippen LogP contribution in [0.15, 0.2) is 42.7 Å². The summed E-state index contributed by atoms with van der Waals surface area (Å²) in [5, 5.41) is 8.39. The number of hydrogen-bond acceptors (Lipinski definition) is 3. The molecule has 1 N–H and O–H groups in total. The van der Waals surface area contributed by atoms with Gasteiger partial charge in [0.1, 0.15) is 0 Å². The number of benzene rings is 1. The summed E-state index contributed by atoms with van der Waals surface area (Å²) in [6.45, 7) is 0.720. The lowest BCUT2D eigenvalue weighted by atomic mass is 10.2. The lowest BCUT2D eigenvalue weighted by Gasteiger charge is -2.03. The van der Waals surface area contributed by atoms with E-state index in [1.807, 2.05) is 30.3 Å². The first-order chi connectivity index (χ1) is 6.93. The molecule has 0 aliphatic rings. The molecule has 1 aromatic carbocycles. The summed E-state index contributed by atoms with van der Waals surface area (Å²) in [6, 6.07) is 9.87. The number of hydrogen-bond donors (Lipinski definition) is 1. The molecule has 0 bridgehead atoms. The van der Waals surface area contributed by atoms with Crippen LogP contribution in [0.4, 0.5) is 0 Å². The molecule has 1 rings (SSSR count). The van der Waals surface area contributed by atoms with Crippen molar-refractivity contribution in [3.8, 4) is 0 Å². The zero-order valence-electron chi connectivity index (χ0n) is 7.93. The van der Waals surface area contributed by atoms with Gasteiger partial charge in [-0.15, -0.1) is 0 Å². The minimum absolute atomic E-state index is 0.0152. The summed E-state index contributed by atoms with van der Waals surface area (Å²) in [5.41, 5.74) is 1.11. The summed E-state index contributed by atoms with van der Waals surface area (Å²) >= 11 is 0. The van der Waals surface area contributed by atoms with Gasteiger partial charge in [0.15, 0.2) is 6.79 Å². The Morgan fingerprint density at radius 2 is 2.00 bits per heavy atom. The highest BCUT2D eigenvalue weighted by Crippen LogP contribution is 2.00. The quantitative estimate of drug-likeness (QED) is 0.425. The average molecular weight is 194 g/mol. The van der Waals surface area contributed by atoms with Crippen LogP contribution in [-0.2, 0) is 16.1 Å². The van der Waals surface area contributed by atoms with Gasteiger partial charge >= 0.3 is 0 Å². The van der Waals surface area contributed by atoms with Gasteiger partial charge in [0.2, 0.25) is 0 Å². The second-order valence-electron chi connectivity index (χ2n) is 2.67. The van der Waals surface area contributed by atoms with E-state index < -0.39 is 0 Å². The van der Waals surface area contributed by atoms with E-state index in [0.29, 0.717) is 6.61 Å². The smallest absolute Gasteiger partial charge is 0.188 e. The normalized spacial score (nSPS) is 10.6. The molecule has 0 saturated carbocycles. The van der Waals surface area contributed by atoms with Crippen molar-refractivity contribution in [1.82, 2.24) is 0 Å². The predicted molar refractivity (Wildman–Crippen MR) is 53.4 cm³/mol. The third-order valence-corrected chi connectivity index (χ3v) is 1.56. The molecular formula is C11H14O3. The van der Waals surface area contributed by atoms with Crippen LogP contribution in [0.5, 0.6) is 0 Å². The van der Waals surface area contributed by atoms with Crippen LogP contribution in [0, 0.1) is 0 Å². The van der Waals surface area contributed by atoms with Crippen molar-refractivity contribution in [2.75, 3.05) is 13.4 Å². The molecular weight excluding hydrogens is 180 g/mol. The Kier molecular flexibility index (Phi) is 5.47. The second kappa shape index (κ2) is 7.12. The first-order valence-electron chi connectivity index (χ1n) is 4.42. The number of aliphatic hydroxyl groups is 1. The molecule has 3 heteroatoms. The molecule has 0 spiro atoms. The summed E-state index contributed by atoms with van der Waals surface area (Å²) in [5.74, 6) is 0. The molecule has 0 aliphatic heterocycles. The highest BCUT2D eigenvalue weighted by molar-refractivity contribution is 5.13. The zero-order chi connectivity index (χ0) is 10.1. The average Bonchev–Trinajstić information content (AvgIpc) is 2.25. The van der Waals surface area contributed by atoms with Crippen molar-refractivity contribution >= 4 is 0 Å². The standard InChI is InChI=1S/C11H14O3/c12-7-4-8-13-10-14-9-11-5-2-1-3-6-11/h1-6,8,12H,7,9-10H2/b8-4+. The van der Waals surface area contributed by atoms with Crippen LogP contribution in [0.1, 0.15) is 5.56 Å². The molecule has 0 atom stereocenters. The highest BCUT2D eigenvalue weighted by Gasteiger charge is 1.89. The third kappa shape index (κ3) is 4.64. The third-order valence-electron chi connectivity index (χ3n) is 1.56. The van der Waals surface area contributed by atoms with Crippen molar-refractivity contribution in [2.45, 2.75) is 6.61 Å². The molecule has 76 valence electrons. The van der Waals surface area contributed by atoms with Gasteiger partial charge in [0.05, 0.1) is 19.5 Å². The van der Waals surface area contributed by atoms with Crippen LogP contribution < -0.4 is 0 Å². The number of ether oxygens (including phenoxy) is 2. The van der Waals surface area contributed by atoms with Gasteiger partial charge in [-0.05, 0) is 11.6 Å². The van der Waals surface area contributed by atoms with E-state index in [1.165, 1.54) is 12.3 Å². The van der Waals surface area contributed by atoms with Gasteiger partial charge in [-0.3, -0.25) is 0 Å². The molecule has 0 heterocycles. The van der Waals surface area contributed by atoms with Gasteiger partial charge in [-0.1, -0.05) is 30.3 Å². The van der Waals surface area contributed by atoms with Crippen LogP contribution in [0.25, 0.3) is 0 Å². The van der Waals surface area contributed by atoms with E-state index in [0.717, 1.165) is 5.56 Å². The molecule has 0 aromatic heterocycles. The van der Waals surface area contributed by atoms with Crippen LogP contribution in [0.2, 0.25) is 0 Å². The maximum Gasteiger partial charge on any atom is 0.188 e. The van der Waals surface area contributed by atoms with Crippen molar-refractivity contribution in [3.05, 3.63) is 48.2 Å². The van der Waals surface area contributed by atoms with Gasteiger partial charge in [0.25, 0.3) is 0 Å². The van der Waals surface area contributed by atoms with Crippen molar-refractivity contribution < 1.29 is 14.6 Å². The van der Waals surface area contributed by atoms with Crippen LogP contribution in [0.3, 0.4) is 0 Å². The largest absolute Gasteiger partial charge is 0.475 e. The van der Waals surface area contributed by atoms with Crippen molar-refractivity contribution in [2.24, 2.45) is 0 Å². The van der Waals surface area contributed by atoms with Crippen molar-refractivity contribution in [3.63, 3.8) is 0 Å². The van der Waals surface area contributed by atoms with E-state index in [2.05, 4.69) is 0 Å². The Morgan fingerprint density at radius 3 is 2.71 bits per heavy atom. The van der Waals surface area contributed by atoms with Gasteiger partial charge in [0, 0.05) is 0 Å². The summed E-state index contributed by atoms with van der Waals surface area (Å²) in [4.78, 5) is 0. The van der Waals surface area contributed by atoms with Gasteiger partial charge in [-0.25, -0.2) is 0 Å². The second-order valence-corrected chi connectivity index (χ2v) is 2.67. The molecule has 0 fully saturated rings. The number of aliphatic hydroxyl groups excluding tert-OH is 1. The van der Waals surface area contributed by atoms with Crippen LogP contribution >= 0.6 is 0 Å². The zero-order valence-corrected chi connectivity index (χ0v) is 7.93. The molecule has 0 unspecified atom stereocenters. The first kappa shape index (κ1) is 10.8. The molecule has 14 heavy (non-hydrogen) atoms. The Morgan fingerprint density at radius 1 is 1.21 bits per heavy atom. The summed E-state index contributed by atoms with van der Waals surface area (Å²) < 4.78 is 10.1. The summed E-state index contributed by atoms with van der Waals surface area (Å²) in [6.07, 6.45) is 2.93. The lowest BCUT2D eigenvalue weighted by molar-refractivity contribution is -0.0210. The molecule has 0 radical (unpaired) electrons. The van der Waals surface area contributed by atoms with E-state index in [4.69, 9.17) is 14.6 Å². The van der Waals surface area contributed by atoms with Crippen LogP contribution in [-0.4, -0.2) is 18.5 Å². The monoisotopic (exact) mass is 194 g/mol. The SMILES string of the molecule is OC/C=C/OCOCc1ccccc1.